The third kappa shape index (κ3) is 3.51. The van der Waals surface area contributed by atoms with Crippen LogP contribution >= 0.6 is 0 Å². The van der Waals surface area contributed by atoms with Gasteiger partial charge in [0.15, 0.2) is 0 Å². The molecule has 1 aliphatic rings. The number of benzene rings is 1. The van der Waals surface area contributed by atoms with Gasteiger partial charge in [0, 0.05) is 5.56 Å². The maximum Gasteiger partial charge on any atom is 0.237 e. The van der Waals surface area contributed by atoms with Gasteiger partial charge in [0.25, 0.3) is 0 Å². The molecule has 1 saturated heterocycles. The number of hydrogen-bond acceptors (Lipinski definition) is 3. The summed E-state index contributed by atoms with van der Waals surface area (Å²) in [5, 5.41) is 6.36. The highest BCUT2D eigenvalue weighted by Gasteiger charge is 2.23. The van der Waals surface area contributed by atoms with E-state index < -0.39 is 0 Å². The van der Waals surface area contributed by atoms with Gasteiger partial charge in [0.1, 0.15) is 5.75 Å². The van der Waals surface area contributed by atoms with Gasteiger partial charge in [-0.1, -0.05) is 24.1 Å². The topological polar surface area (TPSA) is 50.4 Å². The van der Waals surface area contributed by atoms with Crippen molar-refractivity contribution in [2.45, 2.75) is 45.2 Å². The number of methoxy groups -OCH3 is 1. The summed E-state index contributed by atoms with van der Waals surface area (Å²) < 4.78 is 5.38. The molecule has 0 aliphatic carbocycles. The maximum absolute atomic E-state index is 12.3. The molecule has 0 bridgehead atoms. The number of piperidine rings is 1. The van der Waals surface area contributed by atoms with Crippen molar-refractivity contribution in [3.63, 3.8) is 0 Å². The molecule has 4 nitrogen and oxygen atoms in total. The number of amides is 1. The minimum Gasteiger partial charge on any atom is -0.496 e. The summed E-state index contributed by atoms with van der Waals surface area (Å²) >= 11 is 0. The van der Waals surface area contributed by atoms with Crippen molar-refractivity contribution >= 4 is 5.91 Å². The fourth-order valence-electron chi connectivity index (χ4n) is 2.66. The Hall–Kier alpha value is -1.55. The van der Waals surface area contributed by atoms with Crippen LogP contribution in [0.25, 0.3) is 0 Å². The first-order chi connectivity index (χ1) is 9.61. The predicted octanol–water partition coefficient (Wildman–Crippen LogP) is 2.32. The van der Waals surface area contributed by atoms with E-state index in [9.17, 15) is 4.79 Å². The van der Waals surface area contributed by atoms with Crippen LogP contribution in [0, 0.1) is 6.92 Å². The number of nitrogens with one attached hydrogen (secondary N) is 2. The zero-order chi connectivity index (χ0) is 14.5. The lowest BCUT2D eigenvalue weighted by Gasteiger charge is -2.25. The van der Waals surface area contributed by atoms with Crippen molar-refractivity contribution in [2.24, 2.45) is 0 Å². The highest BCUT2D eigenvalue weighted by molar-refractivity contribution is 5.82. The average Bonchev–Trinajstić information content (AvgIpc) is 2.48. The van der Waals surface area contributed by atoms with E-state index in [1.165, 1.54) is 0 Å². The number of hydrogen-bond donors (Lipinski definition) is 2. The van der Waals surface area contributed by atoms with Crippen molar-refractivity contribution in [2.75, 3.05) is 13.7 Å². The second-order valence-electron chi connectivity index (χ2n) is 5.48. The van der Waals surface area contributed by atoms with E-state index in [-0.39, 0.29) is 18.0 Å². The molecular weight excluding hydrogens is 252 g/mol. The Kier molecular flexibility index (Phi) is 5.01. The van der Waals surface area contributed by atoms with Crippen LogP contribution in [0.15, 0.2) is 18.2 Å². The van der Waals surface area contributed by atoms with Gasteiger partial charge < -0.3 is 15.4 Å². The lowest BCUT2D eigenvalue weighted by Crippen LogP contribution is -2.47. The van der Waals surface area contributed by atoms with Crippen LogP contribution in [0.4, 0.5) is 0 Å². The van der Waals surface area contributed by atoms with Crippen molar-refractivity contribution < 1.29 is 9.53 Å². The molecule has 1 fully saturated rings. The summed E-state index contributed by atoms with van der Waals surface area (Å²) in [6, 6.07) is 5.92. The monoisotopic (exact) mass is 276 g/mol. The number of carbonyl (C=O) groups is 1. The summed E-state index contributed by atoms with van der Waals surface area (Å²) in [6.45, 7) is 4.97. The molecule has 2 atom stereocenters. The fourth-order valence-corrected chi connectivity index (χ4v) is 2.66. The third-order valence-corrected chi connectivity index (χ3v) is 3.84. The maximum atomic E-state index is 12.3. The van der Waals surface area contributed by atoms with Crippen molar-refractivity contribution in [1.29, 1.82) is 0 Å². The summed E-state index contributed by atoms with van der Waals surface area (Å²) in [4.78, 5) is 12.3. The van der Waals surface area contributed by atoms with Gasteiger partial charge in [-0.25, -0.2) is 0 Å². The fraction of sp³-hybridized carbons (Fsp3) is 0.562. The predicted molar refractivity (Wildman–Crippen MR) is 79.9 cm³/mol. The summed E-state index contributed by atoms with van der Waals surface area (Å²) in [5.41, 5.74) is 2.19. The molecule has 1 aromatic rings. The molecule has 4 heteroatoms. The number of rotatable bonds is 4. The van der Waals surface area contributed by atoms with E-state index in [1.807, 2.05) is 26.0 Å². The number of carbonyl (C=O) groups excluding carboxylic acids is 1. The van der Waals surface area contributed by atoms with Crippen molar-refractivity contribution in [1.82, 2.24) is 10.6 Å². The molecule has 0 radical (unpaired) electrons. The lowest BCUT2D eigenvalue weighted by atomic mass is 10.0. The van der Waals surface area contributed by atoms with E-state index >= 15 is 0 Å². The number of aryl methyl sites for hydroxylation is 1. The summed E-state index contributed by atoms with van der Waals surface area (Å²) in [6.07, 6.45) is 3.20. The molecule has 2 rings (SSSR count). The Labute approximate surface area is 120 Å². The van der Waals surface area contributed by atoms with Gasteiger partial charge in [-0.05, 0) is 39.3 Å². The molecule has 1 heterocycles. The Morgan fingerprint density at radius 3 is 2.90 bits per heavy atom. The van der Waals surface area contributed by atoms with Gasteiger partial charge in [-0.2, -0.15) is 0 Å². The van der Waals surface area contributed by atoms with Crippen LogP contribution in [0.2, 0.25) is 0 Å². The van der Waals surface area contributed by atoms with Crippen LogP contribution in [0.1, 0.15) is 43.4 Å². The highest BCUT2D eigenvalue weighted by Crippen LogP contribution is 2.26. The third-order valence-electron chi connectivity index (χ3n) is 3.84. The first-order valence-corrected chi connectivity index (χ1v) is 7.30. The molecular formula is C16H24N2O2. The average molecular weight is 276 g/mol. The van der Waals surface area contributed by atoms with Gasteiger partial charge in [-0.15, -0.1) is 0 Å². The largest absolute Gasteiger partial charge is 0.496 e. The van der Waals surface area contributed by atoms with Crippen LogP contribution < -0.4 is 15.4 Å². The normalized spacial score (nSPS) is 20.2. The van der Waals surface area contributed by atoms with Crippen LogP contribution in [0.3, 0.4) is 0 Å². The van der Waals surface area contributed by atoms with Gasteiger partial charge >= 0.3 is 0 Å². The van der Waals surface area contributed by atoms with Gasteiger partial charge in [-0.3, -0.25) is 4.79 Å². The molecule has 1 aromatic carbocycles. The minimum absolute atomic E-state index is 0.0537. The molecule has 0 saturated carbocycles. The highest BCUT2D eigenvalue weighted by atomic mass is 16.5. The van der Waals surface area contributed by atoms with Crippen LogP contribution in [-0.2, 0) is 4.79 Å². The number of ether oxygens (including phenoxy) is 1. The van der Waals surface area contributed by atoms with Gasteiger partial charge in [0.05, 0.1) is 19.2 Å². The molecule has 0 spiro atoms. The molecule has 1 aliphatic heterocycles. The van der Waals surface area contributed by atoms with Gasteiger partial charge in [0.2, 0.25) is 5.91 Å². The Bertz CT molecular complexity index is 468. The Balaban J connectivity index is 2.05. The summed E-state index contributed by atoms with van der Waals surface area (Å²) in [7, 11) is 1.66. The van der Waals surface area contributed by atoms with Crippen molar-refractivity contribution in [3.8, 4) is 5.75 Å². The zero-order valence-corrected chi connectivity index (χ0v) is 12.5. The first-order valence-electron chi connectivity index (χ1n) is 7.30. The van der Waals surface area contributed by atoms with Crippen LogP contribution in [-0.4, -0.2) is 25.6 Å². The molecule has 110 valence electrons. The smallest absolute Gasteiger partial charge is 0.237 e. The zero-order valence-electron chi connectivity index (χ0n) is 12.5. The van der Waals surface area contributed by atoms with E-state index in [4.69, 9.17) is 4.74 Å². The molecule has 20 heavy (non-hydrogen) atoms. The molecule has 1 amide bonds. The second-order valence-corrected chi connectivity index (χ2v) is 5.48. The van der Waals surface area contributed by atoms with Crippen LogP contribution in [0.5, 0.6) is 5.75 Å². The Morgan fingerprint density at radius 1 is 1.45 bits per heavy atom. The lowest BCUT2D eigenvalue weighted by molar-refractivity contribution is -0.124. The summed E-state index contributed by atoms with van der Waals surface area (Å²) in [5.74, 6) is 0.903. The molecule has 2 unspecified atom stereocenters. The minimum atomic E-state index is -0.0546. The quantitative estimate of drug-likeness (QED) is 0.887. The first kappa shape index (κ1) is 14.9. The Morgan fingerprint density at radius 2 is 2.25 bits per heavy atom. The van der Waals surface area contributed by atoms with E-state index in [1.54, 1.807) is 7.11 Å². The van der Waals surface area contributed by atoms with E-state index in [2.05, 4.69) is 16.7 Å². The molecule has 2 N–H and O–H groups in total. The molecule has 0 aromatic heterocycles. The second kappa shape index (κ2) is 6.75. The van der Waals surface area contributed by atoms with E-state index in [0.717, 1.165) is 42.7 Å². The van der Waals surface area contributed by atoms with Crippen molar-refractivity contribution in [3.05, 3.63) is 29.3 Å². The standard InChI is InChI=1S/C16H24N2O2/c1-11-7-8-15(20-3)13(10-11)12(2)18-16(19)14-6-4-5-9-17-14/h7-8,10,12,14,17H,4-6,9H2,1-3H3,(H,18,19). The van der Waals surface area contributed by atoms with E-state index in [0.29, 0.717) is 0 Å². The SMILES string of the molecule is COc1ccc(C)cc1C(C)NC(=O)C1CCCCN1.